The number of carbonyl (C=O) groups is 1. The van der Waals surface area contributed by atoms with E-state index in [9.17, 15) is 4.79 Å². The number of anilines is 2. The number of nitrogens with zero attached hydrogens (tertiary/aromatic N) is 6. The van der Waals surface area contributed by atoms with Crippen LogP contribution in [-0.2, 0) is 4.79 Å². The molecule has 150 valence electrons. The van der Waals surface area contributed by atoms with Gasteiger partial charge in [0.25, 0.3) is 0 Å². The molecule has 1 aliphatic rings. The maximum absolute atomic E-state index is 12.9. The van der Waals surface area contributed by atoms with Crippen molar-refractivity contribution in [1.82, 2.24) is 25.0 Å². The van der Waals surface area contributed by atoms with E-state index in [1.807, 2.05) is 43.3 Å². The molecule has 3 heterocycles. The number of para-hydroxylation sites is 2. The van der Waals surface area contributed by atoms with E-state index < -0.39 is 0 Å². The van der Waals surface area contributed by atoms with Crippen molar-refractivity contribution < 1.29 is 9.53 Å². The molecule has 1 aromatic carbocycles. The monoisotopic (exact) mass is 393 g/mol. The van der Waals surface area contributed by atoms with E-state index in [0.29, 0.717) is 30.4 Å². The Balaban J connectivity index is 1.42. The summed E-state index contributed by atoms with van der Waals surface area (Å²) in [6.07, 6.45) is 4.78. The van der Waals surface area contributed by atoms with E-state index in [1.54, 1.807) is 11.0 Å². The lowest BCUT2D eigenvalue weighted by molar-refractivity contribution is -0.120. The molecular formula is C20H23N7O2. The molecule has 9 heteroatoms. The predicted molar refractivity (Wildman–Crippen MR) is 108 cm³/mol. The third-order valence-corrected chi connectivity index (χ3v) is 4.85. The smallest absolute Gasteiger partial charge is 0.229 e. The van der Waals surface area contributed by atoms with E-state index >= 15 is 0 Å². The third kappa shape index (κ3) is 4.34. The fourth-order valence-corrected chi connectivity index (χ4v) is 3.42. The molecule has 29 heavy (non-hydrogen) atoms. The number of nitrogens with one attached hydrogen (secondary N) is 1. The average Bonchev–Trinajstić information content (AvgIpc) is 3.30. The highest BCUT2D eigenvalue weighted by atomic mass is 16.5. The van der Waals surface area contributed by atoms with E-state index in [-0.39, 0.29) is 11.8 Å². The molecule has 0 spiro atoms. The quantitative estimate of drug-likeness (QED) is 0.686. The Morgan fingerprint density at radius 2 is 2.03 bits per heavy atom. The van der Waals surface area contributed by atoms with Gasteiger partial charge in [-0.3, -0.25) is 4.79 Å². The van der Waals surface area contributed by atoms with Crippen molar-refractivity contribution in [1.29, 1.82) is 0 Å². The Bertz CT molecular complexity index is 944. The second kappa shape index (κ2) is 8.68. The number of piperidine rings is 1. The van der Waals surface area contributed by atoms with E-state index in [1.165, 1.54) is 6.33 Å². The number of rotatable bonds is 6. The molecule has 0 aliphatic carbocycles. The van der Waals surface area contributed by atoms with Gasteiger partial charge in [-0.2, -0.15) is 5.10 Å². The number of aromatic nitrogens is 5. The molecule has 1 aliphatic heterocycles. The lowest BCUT2D eigenvalue weighted by atomic mass is 9.97. The molecule has 1 amide bonds. The fraction of sp³-hybridized carbons (Fsp3) is 0.350. The van der Waals surface area contributed by atoms with Crippen LogP contribution in [0, 0.1) is 5.92 Å². The van der Waals surface area contributed by atoms with Gasteiger partial charge in [-0.1, -0.05) is 12.1 Å². The van der Waals surface area contributed by atoms with Gasteiger partial charge in [-0.25, -0.2) is 9.67 Å². The van der Waals surface area contributed by atoms with E-state index in [2.05, 4.69) is 30.5 Å². The number of amides is 1. The molecule has 0 saturated carbocycles. The molecule has 1 unspecified atom stereocenters. The Labute approximate surface area is 168 Å². The molecule has 0 radical (unpaired) electrons. The highest BCUT2D eigenvalue weighted by molar-refractivity contribution is 5.94. The molecular weight excluding hydrogens is 370 g/mol. The number of benzene rings is 1. The van der Waals surface area contributed by atoms with Crippen molar-refractivity contribution in [2.75, 3.05) is 29.9 Å². The van der Waals surface area contributed by atoms with Crippen LogP contribution in [0.3, 0.4) is 0 Å². The van der Waals surface area contributed by atoms with Crippen LogP contribution in [0.25, 0.3) is 5.82 Å². The first-order chi connectivity index (χ1) is 14.2. The Hall–Kier alpha value is -3.49. The second-order valence-electron chi connectivity index (χ2n) is 6.79. The Kier molecular flexibility index (Phi) is 5.64. The molecule has 1 N–H and O–H groups in total. The lowest BCUT2D eigenvalue weighted by Crippen LogP contribution is -2.41. The van der Waals surface area contributed by atoms with Crippen LogP contribution < -0.4 is 15.0 Å². The Morgan fingerprint density at radius 1 is 1.21 bits per heavy atom. The van der Waals surface area contributed by atoms with Crippen molar-refractivity contribution in [3.05, 3.63) is 49.1 Å². The van der Waals surface area contributed by atoms with Crippen LogP contribution in [0.1, 0.15) is 19.8 Å². The molecule has 1 fully saturated rings. The Morgan fingerprint density at radius 3 is 2.79 bits per heavy atom. The van der Waals surface area contributed by atoms with Crippen molar-refractivity contribution >= 4 is 17.4 Å². The fourth-order valence-electron chi connectivity index (χ4n) is 3.42. The average molecular weight is 393 g/mol. The largest absolute Gasteiger partial charge is 0.492 e. The number of hydrogen-bond acceptors (Lipinski definition) is 7. The van der Waals surface area contributed by atoms with Gasteiger partial charge >= 0.3 is 0 Å². The maximum Gasteiger partial charge on any atom is 0.229 e. The normalized spacial score (nSPS) is 16.4. The minimum atomic E-state index is -0.129. The highest BCUT2D eigenvalue weighted by Crippen LogP contribution is 2.27. The number of ether oxygens (including phenoxy) is 1. The minimum Gasteiger partial charge on any atom is -0.492 e. The van der Waals surface area contributed by atoms with Gasteiger partial charge in [-0.05, 0) is 44.0 Å². The van der Waals surface area contributed by atoms with Crippen molar-refractivity contribution in [2.24, 2.45) is 5.92 Å². The molecule has 0 bridgehead atoms. The zero-order chi connectivity index (χ0) is 20.1. The zero-order valence-corrected chi connectivity index (χ0v) is 16.2. The van der Waals surface area contributed by atoms with Crippen molar-refractivity contribution in [3.8, 4) is 11.6 Å². The van der Waals surface area contributed by atoms with Crippen LogP contribution in [0.5, 0.6) is 5.75 Å². The topological polar surface area (TPSA) is 98.1 Å². The van der Waals surface area contributed by atoms with Gasteiger partial charge in [0, 0.05) is 13.1 Å². The van der Waals surface area contributed by atoms with Gasteiger partial charge in [0.2, 0.25) is 5.91 Å². The summed E-state index contributed by atoms with van der Waals surface area (Å²) in [5, 5.41) is 15.6. The van der Waals surface area contributed by atoms with Crippen LogP contribution >= 0.6 is 0 Å². The summed E-state index contributed by atoms with van der Waals surface area (Å²) in [4.78, 5) is 18.9. The van der Waals surface area contributed by atoms with Crippen LogP contribution in [0.15, 0.2) is 49.1 Å². The molecule has 1 atom stereocenters. The second-order valence-corrected chi connectivity index (χ2v) is 6.79. The predicted octanol–water partition coefficient (Wildman–Crippen LogP) is 2.31. The SMILES string of the molecule is CCOc1ccccc1NC(=O)C1CCCN(c2ccc(-n3cncn3)nn2)C1. The van der Waals surface area contributed by atoms with Gasteiger partial charge in [0.05, 0.1) is 18.2 Å². The van der Waals surface area contributed by atoms with Gasteiger partial charge < -0.3 is 15.0 Å². The van der Waals surface area contributed by atoms with Crippen LogP contribution in [-0.4, -0.2) is 50.6 Å². The molecule has 9 nitrogen and oxygen atoms in total. The number of hydrogen-bond donors (Lipinski definition) is 1. The van der Waals surface area contributed by atoms with Gasteiger partial charge in [0.1, 0.15) is 18.4 Å². The number of carbonyl (C=O) groups excluding carboxylic acids is 1. The van der Waals surface area contributed by atoms with Crippen molar-refractivity contribution in [2.45, 2.75) is 19.8 Å². The first kappa shape index (κ1) is 18.9. The molecule has 4 rings (SSSR count). The third-order valence-electron chi connectivity index (χ3n) is 4.85. The van der Waals surface area contributed by atoms with Crippen LogP contribution in [0.2, 0.25) is 0 Å². The van der Waals surface area contributed by atoms with E-state index in [0.717, 1.165) is 25.2 Å². The van der Waals surface area contributed by atoms with Crippen LogP contribution in [0.4, 0.5) is 11.5 Å². The first-order valence-corrected chi connectivity index (χ1v) is 9.71. The minimum absolute atomic E-state index is 0.00551. The lowest BCUT2D eigenvalue weighted by Gasteiger charge is -2.32. The molecule has 3 aromatic rings. The summed E-state index contributed by atoms with van der Waals surface area (Å²) >= 11 is 0. The molecule has 1 saturated heterocycles. The van der Waals surface area contributed by atoms with Gasteiger partial charge in [-0.15, -0.1) is 10.2 Å². The summed E-state index contributed by atoms with van der Waals surface area (Å²) in [7, 11) is 0. The molecule has 2 aromatic heterocycles. The summed E-state index contributed by atoms with van der Waals surface area (Å²) in [6, 6.07) is 11.2. The summed E-state index contributed by atoms with van der Waals surface area (Å²) < 4.78 is 7.16. The summed E-state index contributed by atoms with van der Waals surface area (Å²) in [6.45, 7) is 3.91. The van der Waals surface area contributed by atoms with Crippen molar-refractivity contribution in [3.63, 3.8) is 0 Å². The van der Waals surface area contributed by atoms with E-state index in [4.69, 9.17) is 4.74 Å². The zero-order valence-electron chi connectivity index (χ0n) is 16.2. The maximum atomic E-state index is 12.9. The summed E-state index contributed by atoms with van der Waals surface area (Å²) in [5.74, 6) is 1.90. The first-order valence-electron chi connectivity index (χ1n) is 9.71. The van der Waals surface area contributed by atoms with Gasteiger partial charge in [0.15, 0.2) is 11.6 Å². The highest BCUT2D eigenvalue weighted by Gasteiger charge is 2.27. The summed E-state index contributed by atoms with van der Waals surface area (Å²) in [5.41, 5.74) is 0.702. The standard InChI is InChI=1S/C20H23N7O2/c1-2-29-17-8-4-3-7-16(17)23-20(28)15-6-5-11-26(12-15)18-9-10-19(25-24-18)27-14-21-13-22-27/h3-4,7-10,13-15H,2,5-6,11-12H2,1H3,(H,23,28).